The number of nitrogens with zero attached hydrogens (tertiary/aromatic N) is 1. The van der Waals surface area contributed by atoms with Crippen molar-refractivity contribution in [2.45, 2.75) is 6.04 Å². The Bertz CT molecular complexity index is 109. The Kier molecular flexibility index (Phi) is 3.79. The third-order valence-corrected chi connectivity index (χ3v) is 1.98. The fraction of sp³-hybridized carbons (Fsp3) is 1.00. The van der Waals surface area contributed by atoms with Crippen LogP contribution in [0.4, 0.5) is 0 Å². The van der Waals surface area contributed by atoms with Crippen molar-refractivity contribution in [3.63, 3.8) is 0 Å². The van der Waals surface area contributed by atoms with E-state index in [1.807, 2.05) is 0 Å². The molecule has 11 heavy (non-hydrogen) atoms. The van der Waals surface area contributed by atoms with E-state index in [2.05, 4.69) is 4.90 Å². The predicted octanol–water partition coefficient (Wildman–Crippen LogP) is -1.36. The molecule has 1 unspecified atom stereocenters. The molecule has 0 aromatic carbocycles. The van der Waals surface area contributed by atoms with Gasteiger partial charge in [0.15, 0.2) is 0 Å². The van der Waals surface area contributed by atoms with Crippen molar-refractivity contribution in [1.82, 2.24) is 4.90 Å². The summed E-state index contributed by atoms with van der Waals surface area (Å²) in [6.07, 6.45) is 0. The van der Waals surface area contributed by atoms with Crippen LogP contribution in [0.1, 0.15) is 0 Å². The molecule has 1 saturated heterocycles. The molecule has 0 amide bonds. The van der Waals surface area contributed by atoms with Crippen LogP contribution in [-0.2, 0) is 4.74 Å². The molecule has 0 saturated carbocycles. The monoisotopic (exact) mass is 160 g/mol. The van der Waals surface area contributed by atoms with Gasteiger partial charge < -0.3 is 15.6 Å². The highest BCUT2D eigenvalue weighted by Crippen LogP contribution is 2.04. The third-order valence-electron chi connectivity index (χ3n) is 1.98. The molecule has 0 aliphatic carbocycles. The zero-order valence-electron chi connectivity index (χ0n) is 6.70. The topological polar surface area (TPSA) is 58.7 Å². The summed E-state index contributed by atoms with van der Waals surface area (Å²) in [4.78, 5) is 2.17. The van der Waals surface area contributed by atoms with E-state index in [0.29, 0.717) is 13.2 Å². The van der Waals surface area contributed by atoms with E-state index in [4.69, 9.17) is 15.6 Å². The highest BCUT2D eigenvalue weighted by Gasteiger charge is 2.20. The van der Waals surface area contributed by atoms with Gasteiger partial charge in [0.05, 0.1) is 25.9 Å². The van der Waals surface area contributed by atoms with E-state index >= 15 is 0 Å². The van der Waals surface area contributed by atoms with E-state index in [1.54, 1.807) is 0 Å². The van der Waals surface area contributed by atoms with Gasteiger partial charge in [-0.25, -0.2) is 0 Å². The molecule has 0 radical (unpaired) electrons. The van der Waals surface area contributed by atoms with Crippen LogP contribution in [0.25, 0.3) is 0 Å². The number of hydrogen-bond donors (Lipinski definition) is 2. The minimum Gasteiger partial charge on any atom is -0.395 e. The highest BCUT2D eigenvalue weighted by atomic mass is 16.5. The van der Waals surface area contributed by atoms with Gasteiger partial charge >= 0.3 is 0 Å². The Morgan fingerprint density at radius 2 is 2.45 bits per heavy atom. The zero-order chi connectivity index (χ0) is 8.10. The summed E-state index contributed by atoms with van der Waals surface area (Å²) in [5, 5.41) is 8.93. The molecular weight excluding hydrogens is 144 g/mol. The molecule has 0 spiro atoms. The summed E-state index contributed by atoms with van der Waals surface area (Å²) >= 11 is 0. The molecule has 0 aromatic rings. The maximum Gasteiger partial charge on any atom is 0.0644 e. The molecule has 66 valence electrons. The van der Waals surface area contributed by atoms with E-state index in [1.165, 1.54) is 0 Å². The van der Waals surface area contributed by atoms with E-state index in [-0.39, 0.29) is 12.6 Å². The molecule has 4 heteroatoms. The second kappa shape index (κ2) is 4.66. The molecule has 0 bridgehead atoms. The van der Waals surface area contributed by atoms with Gasteiger partial charge in [0.2, 0.25) is 0 Å². The average molecular weight is 160 g/mol. The Labute approximate surface area is 66.9 Å². The Balaban J connectivity index is 2.31. The van der Waals surface area contributed by atoms with E-state index in [0.717, 1.165) is 19.7 Å². The maximum atomic E-state index is 8.93. The molecule has 1 fully saturated rings. The smallest absolute Gasteiger partial charge is 0.0644 e. The lowest BCUT2D eigenvalue weighted by molar-refractivity contribution is -0.0257. The van der Waals surface area contributed by atoms with Crippen LogP contribution >= 0.6 is 0 Å². The van der Waals surface area contributed by atoms with Crippen LogP contribution in [-0.4, -0.2) is 55.5 Å². The molecular formula is C7H16N2O2. The molecule has 1 aliphatic heterocycles. The van der Waals surface area contributed by atoms with E-state index < -0.39 is 0 Å². The fourth-order valence-electron chi connectivity index (χ4n) is 1.32. The number of hydrogen-bond acceptors (Lipinski definition) is 4. The normalized spacial score (nSPS) is 27.3. The molecule has 1 rings (SSSR count). The number of nitrogens with two attached hydrogens (primary N) is 1. The summed E-state index contributed by atoms with van der Waals surface area (Å²) in [7, 11) is 0. The SMILES string of the molecule is NCCN1CCOCC1CO. The molecule has 1 heterocycles. The summed E-state index contributed by atoms with van der Waals surface area (Å²) in [5.74, 6) is 0. The molecule has 0 aromatic heterocycles. The van der Waals surface area contributed by atoms with Gasteiger partial charge in [-0.1, -0.05) is 0 Å². The quantitative estimate of drug-likeness (QED) is 0.535. The van der Waals surface area contributed by atoms with Crippen molar-refractivity contribution in [2.75, 3.05) is 39.5 Å². The summed E-state index contributed by atoms with van der Waals surface area (Å²) < 4.78 is 5.21. The fourth-order valence-corrected chi connectivity index (χ4v) is 1.32. The van der Waals surface area contributed by atoms with Gasteiger partial charge in [0.1, 0.15) is 0 Å². The van der Waals surface area contributed by atoms with Crippen molar-refractivity contribution in [2.24, 2.45) is 5.73 Å². The lowest BCUT2D eigenvalue weighted by Gasteiger charge is -2.33. The van der Waals surface area contributed by atoms with Gasteiger partial charge in [-0.05, 0) is 0 Å². The summed E-state index contributed by atoms with van der Waals surface area (Å²) in [6, 6.07) is 0.160. The van der Waals surface area contributed by atoms with Gasteiger partial charge in [-0.3, -0.25) is 4.90 Å². The van der Waals surface area contributed by atoms with Crippen LogP contribution < -0.4 is 5.73 Å². The van der Waals surface area contributed by atoms with Gasteiger partial charge in [0.25, 0.3) is 0 Å². The Morgan fingerprint density at radius 1 is 1.64 bits per heavy atom. The highest BCUT2D eigenvalue weighted by molar-refractivity contribution is 4.74. The summed E-state index contributed by atoms with van der Waals surface area (Å²) in [5.41, 5.74) is 5.41. The lowest BCUT2D eigenvalue weighted by atomic mass is 10.2. The summed E-state index contributed by atoms with van der Waals surface area (Å²) in [6.45, 7) is 3.96. The standard InChI is InChI=1S/C7H16N2O2/c8-1-2-9-3-4-11-6-7(9)5-10/h7,10H,1-6,8H2. The second-order valence-electron chi connectivity index (χ2n) is 2.74. The third kappa shape index (κ3) is 2.41. The number of ether oxygens (including phenoxy) is 1. The first-order valence-corrected chi connectivity index (χ1v) is 4.01. The van der Waals surface area contributed by atoms with Gasteiger partial charge in [-0.2, -0.15) is 0 Å². The van der Waals surface area contributed by atoms with Crippen molar-refractivity contribution < 1.29 is 9.84 Å². The molecule has 1 aliphatic rings. The number of aliphatic hydroxyl groups excluding tert-OH is 1. The second-order valence-corrected chi connectivity index (χ2v) is 2.74. The predicted molar refractivity (Wildman–Crippen MR) is 42.3 cm³/mol. The van der Waals surface area contributed by atoms with Crippen LogP contribution in [0.5, 0.6) is 0 Å². The molecule has 1 atom stereocenters. The number of morpholine rings is 1. The Morgan fingerprint density at radius 3 is 3.09 bits per heavy atom. The zero-order valence-corrected chi connectivity index (χ0v) is 6.70. The molecule has 3 N–H and O–H groups in total. The maximum absolute atomic E-state index is 8.93. The Hall–Kier alpha value is -0.160. The first-order valence-electron chi connectivity index (χ1n) is 4.01. The average Bonchev–Trinajstić information content (AvgIpc) is 2.06. The minimum absolute atomic E-state index is 0.160. The number of aliphatic hydroxyl groups is 1. The molecule has 4 nitrogen and oxygen atoms in total. The largest absolute Gasteiger partial charge is 0.395 e. The van der Waals surface area contributed by atoms with Crippen LogP contribution in [0, 0.1) is 0 Å². The first kappa shape index (κ1) is 8.93. The van der Waals surface area contributed by atoms with Crippen molar-refractivity contribution in [3.8, 4) is 0 Å². The van der Waals surface area contributed by atoms with Gasteiger partial charge in [0, 0.05) is 19.6 Å². The van der Waals surface area contributed by atoms with Crippen molar-refractivity contribution in [3.05, 3.63) is 0 Å². The van der Waals surface area contributed by atoms with Crippen molar-refractivity contribution >= 4 is 0 Å². The first-order chi connectivity index (χ1) is 5.38. The van der Waals surface area contributed by atoms with Crippen molar-refractivity contribution in [1.29, 1.82) is 0 Å². The van der Waals surface area contributed by atoms with E-state index in [9.17, 15) is 0 Å². The lowest BCUT2D eigenvalue weighted by Crippen LogP contribution is -2.49. The van der Waals surface area contributed by atoms with Crippen LogP contribution in [0.2, 0.25) is 0 Å². The van der Waals surface area contributed by atoms with Gasteiger partial charge in [-0.15, -0.1) is 0 Å². The van der Waals surface area contributed by atoms with Crippen LogP contribution in [0.15, 0.2) is 0 Å². The minimum atomic E-state index is 0.160. The number of rotatable bonds is 3. The van der Waals surface area contributed by atoms with Crippen LogP contribution in [0.3, 0.4) is 0 Å².